The molecule has 2 saturated heterocycles. The number of carbonyl (C=O) groups is 2. The van der Waals surface area contributed by atoms with E-state index in [4.69, 9.17) is 23.7 Å². The molecule has 8 nitrogen and oxygen atoms in total. The van der Waals surface area contributed by atoms with Crippen LogP contribution in [0.4, 0.5) is 0 Å². The number of carbonyl (C=O) groups excluding carboxylic acids is 2. The van der Waals surface area contributed by atoms with Gasteiger partial charge in [-0.2, -0.15) is 0 Å². The standard InChI is InChI=1S/C23H24O8/c1-23(2)30-19-18(28-21(26)15-11-7-4-8-12-15)17(29-22(19)31-23)16(24)13-27-20(25)14-9-5-3-6-10-14/h3-12,16-19,22,24H,13H2,1-2H3/t16-,17-,18+,19-,22-/m1/s1. The molecule has 31 heavy (non-hydrogen) atoms. The number of fused-ring (bicyclic) bond motifs is 1. The van der Waals surface area contributed by atoms with E-state index in [1.165, 1.54) is 0 Å². The van der Waals surface area contributed by atoms with Crippen LogP contribution in [-0.4, -0.2) is 60.1 Å². The highest BCUT2D eigenvalue weighted by molar-refractivity contribution is 5.89. The topological polar surface area (TPSA) is 101 Å². The van der Waals surface area contributed by atoms with Crippen molar-refractivity contribution < 1.29 is 38.4 Å². The van der Waals surface area contributed by atoms with Gasteiger partial charge in [-0.25, -0.2) is 9.59 Å². The summed E-state index contributed by atoms with van der Waals surface area (Å²) >= 11 is 0. The molecule has 0 aromatic heterocycles. The highest BCUT2D eigenvalue weighted by Gasteiger charge is 2.58. The zero-order chi connectivity index (χ0) is 22.0. The SMILES string of the molecule is CC1(C)O[C@H]2O[C@H]([C@H](O)COC(=O)c3ccccc3)[C@H](OC(=O)c3ccccc3)[C@H]2O1. The van der Waals surface area contributed by atoms with E-state index >= 15 is 0 Å². The van der Waals surface area contributed by atoms with Crippen LogP contribution in [0.15, 0.2) is 60.7 Å². The molecule has 0 unspecified atom stereocenters. The Hall–Kier alpha value is -2.78. The Morgan fingerprint density at radius 2 is 1.55 bits per heavy atom. The van der Waals surface area contributed by atoms with E-state index < -0.39 is 48.4 Å². The number of aliphatic hydroxyl groups excluding tert-OH is 1. The van der Waals surface area contributed by atoms with Crippen LogP contribution in [0.2, 0.25) is 0 Å². The van der Waals surface area contributed by atoms with E-state index in [9.17, 15) is 14.7 Å². The summed E-state index contributed by atoms with van der Waals surface area (Å²) in [6.45, 7) is 3.09. The zero-order valence-electron chi connectivity index (χ0n) is 17.2. The van der Waals surface area contributed by atoms with Crippen molar-refractivity contribution in [2.45, 2.75) is 50.3 Å². The smallest absolute Gasteiger partial charge is 0.338 e. The number of ether oxygens (including phenoxy) is 5. The second-order valence-corrected chi connectivity index (χ2v) is 7.84. The molecule has 0 aliphatic carbocycles. The van der Waals surface area contributed by atoms with Crippen LogP contribution in [-0.2, 0) is 23.7 Å². The van der Waals surface area contributed by atoms with Crippen molar-refractivity contribution in [1.82, 2.24) is 0 Å². The van der Waals surface area contributed by atoms with Gasteiger partial charge in [-0.05, 0) is 38.1 Å². The number of esters is 2. The van der Waals surface area contributed by atoms with E-state index in [1.54, 1.807) is 74.5 Å². The second kappa shape index (κ2) is 8.76. The van der Waals surface area contributed by atoms with Gasteiger partial charge in [0.05, 0.1) is 11.1 Å². The summed E-state index contributed by atoms with van der Waals surface area (Å²) in [6, 6.07) is 16.9. The first-order valence-corrected chi connectivity index (χ1v) is 10.0. The maximum Gasteiger partial charge on any atom is 0.338 e. The van der Waals surface area contributed by atoms with Gasteiger partial charge in [-0.3, -0.25) is 0 Å². The van der Waals surface area contributed by atoms with E-state index in [0.717, 1.165) is 0 Å². The third-order valence-corrected chi connectivity index (χ3v) is 5.05. The first-order valence-electron chi connectivity index (χ1n) is 10.0. The molecule has 0 spiro atoms. The fourth-order valence-corrected chi connectivity index (χ4v) is 3.63. The summed E-state index contributed by atoms with van der Waals surface area (Å²) in [5, 5.41) is 10.7. The molecule has 0 radical (unpaired) electrons. The van der Waals surface area contributed by atoms with Crippen molar-refractivity contribution in [3.63, 3.8) is 0 Å². The molecule has 5 atom stereocenters. The van der Waals surface area contributed by atoms with Gasteiger partial charge in [0.25, 0.3) is 0 Å². The average molecular weight is 428 g/mol. The summed E-state index contributed by atoms with van der Waals surface area (Å²) < 4.78 is 28.2. The van der Waals surface area contributed by atoms with Gasteiger partial charge < -0.3 is 28.8 Å². The van der Waals surface area contributed by atoms with Crippen LogP contribution in [0.1, 0.15) is 34.6 Å². The average Bonchev–Trinajstić information content (AvgIpc) is 3.25. The van der Waals surface area contributed by atoms with E-state index in [-0.39, 0.29) is 6.61 Å². The maximum absolute atomic E-state index is 12.6. The molecule has 2 aliphatic rings. The van der Waals surface area contributed by atoms with Crippen LogP contribution in [0, 0.1) is 0 Å². The molecular weight excluding hydrogens is 404 g/mol. The van der Waals surface area contributed by atoms with E-state index in [2.05, 4.69) is 0 Å². The fraction of sp³-hybridized carbons (Fsp3) is 0.391. The molecule has 2 aromatic rings. The largest absolute Gasteiger partial charge is 0.459 e. The molecule has 2 fully saturated rings. The molecule has 164 valence electrons. The van der Waals surface area contributed by atoms with Gasteiger partial charge in [0.1, 0.15) is 18.8 Å². The molecule has 0 amide bonds. The number of aliphatic hydroxyl groups is 1. The lowest BCUT2D eigenvalue weighted by molar-refractivity contribution is -0.227. The minimum atomic E-state index is -1.26. The molecule has 0 bridgehead atoms. The summed E-state index contributed by atoms with van der Waals surface area (Å²) in [4.78, 5) is 24.8. The van der Waals surface area contributed by atoms with Gasteiger partial charge in [0.2, 0.25) is 0 Å². The Morgan fingerprint density at radius 3 is 2.16 bits per heavy atom. The van der Waals surface area contributed by atoms with E-state index in [1.807, 2.05) is 0 Å². The number of rotatable bonds is 6. The Bertz CT molecular complexity index is 914. The van der Waals surface area contributed by atoms with Crippen molar-refractivity contribution in [3.05, 3.63) is 71.8 Å². The van der Waals surface area contributed by atoms with Crippen molar-refractivity contribution in [1.29, 1.82) is 0 Å². The third-order valence-electron chi connectivity index (χ3n) is 5.05. The molecule has 2 aromatic carbocycles. The lowest BCUT2D eigenvalue weighted by atomic mass is 10.1. The van der Waals surface area contributed by atoms with Gasteiger partial charge in [-0.1, -0.05) is 36.4 Å². The minimum Gasteiger partial charge on any atom is -0.459 e. The highest BCUT2D eigenvalue weighted by Crippen LogP contribution is 2.40. The summed E-state index contributed by atoms with van der Waals surface area (Å²) in [6.07, 6.45) is -4.77. The predicted octanol–water partition coefficient (Wildman–Crippen LogP) is 2.31. The monoisotopic (exact) mass is 428 g/mol. The Labute approximate surface area is 179 Å². The molecule has 0 saturated carbocycles. The Balaban J connectivity index is 1.45. The first-order chi connectivity index (χ1) is 14.8. The summed E-state index contributed by atoms with van der Waals surface area (Å²) in [7, 11) is 0. The van der Waals surface area contributed by atoms with Crippen LogP contribution in [0.3, 0.4) is 0 Å². The molecule has 1 N–H and O–H groups in total. The molecular formula is C23H24O8. The second-order valence-electron chi connectivity index (χ2n) is 7.84. The van der Waals surface area contributed by atoms with Crippen LogP contribution >= 0.6 is 0 Å². The molecule has 2 aliphatic heterocycles. The van der Waals surface area contributed by atoms with Crippen LogP contribution in [0.5, 0.6) is 0 Å². The summed E-state index contributed by atoms with van der Waals surface area (Å²) in [5.41, 5.74) is 0.715. The maximum atomic E-state index is 12.6. The van der Waals surface area contributed by atoms with Gasteiger partial charge in [-0.15, -0.1) is 0 Å². The van der Waals surface area contributed by atoms with Crippen molar-refractivity contribution >= 4 is 11.9 Å². The molecule has 4 rings (SSSR count). The lowest BCUT2D eigenvalue weighted by Crippen LogP contribution is -2.45. The fourth-order valence-electron chi connectivity index (χ4n) is 3.63. The van der Waals surface area contributed by atoms with E-state index in [0.29, 0.717) is 11.1 Å². The lowest BCUT2D eigenvalue weighted by Gasteiger charge is -2.28. The van der Waals surface area contributed by atoms with Crippen LogP contribution < -0.4 is 0 Å². The quantitative estimate of drug-likeness (QED) is 0.700. The predicted molar refractivity (Wildman–Crippen MR) is 107 cm³/mol. The number of hydrogen-bond acceptors (Lipinski definition) is 8. The van der Waals surface area contributed by atoms with Gasteiger partial charge in [0.15, 0.2) is 24.3 Å². The first kappa shape index (κ1) is 21.5. The number of hydrogen-bond donors (Lipinski definition) is 1. The van der Waals surface area contributed by atoms with Gasteiger partial charge >= 0.3 is 11.9 Å². The Kier molecular flexibility index (Phi) is 6.06. The van der Waals surface area contributed by atoms with Crippen LogP contribution in [0.25, 0.3) is 0 Å². The number of benzene rings is 2. The summed E-state index contributed by atoms with van der Waals surface area (Å²) in [5.74, 6) is -2.09. The Morgan fingerprint density at radius 1 is 0.968 bits per heavy atom. The minimum absolute atomic E-state index is 0.347. The van der Waals surface area contributed by atoms with Crippen molar-refractivity contribution in [2.75, 3.05) is 6.61 Å². The zero-order valence-corrected chi connectivity index (χ0v) is 17.2. The normalized spacial score (nSPS) is 27.3. The molecule has 8 heteroatoms. The highest BCUT2D eigenvalue weighted by atomic mass is 16.8. The molecule has 2 heterocycles. The van der Waals surface area contributed by atoms with Crippen molar-refractivity contribution in [2.24, 2.45) is 0 Å². The van der Waals surface area contributed by atoms with Gasteiger partial charge in [0, 0.05) is 0 Å². The third kappa shape index (κ3) is 4.77. The van der Waals surface area contributed by atoms with Crippen molar-refractivity contribution in [3.8, 4) is 0 Å².